The molecule has 0 unspecified atom stereocenters. The zero-order valence-corrected chi connectivity index (χ0v) is 6.49. The third-order valence-corrected chi connectivity index (χ3v) is 1.30. The van der Waals surface area contributed by atoms with Gasteiger partial charge in [0.15, 0.2) is 0 Å². The Morgan fingerprint density at radius 2 is 2.55 bits per heavy atom. The molecule has 0 aliphatic heterocycles. The van der Waals surface area contributed by atoms with Crippen molar-refractivity contribution in [2.24, 2.45) is 12.8 Å². The molecule has 0 spiro atoms. The van der Waals surface area contributed by atoms with E-state index in [0.717, 1.165) is 5.82 Å². The summed E-state index contributed by atoms with van der Waals surface area (Å²) < 4.78 is 1.90. The van der Waals surface area contributed by atoms with E-state index in [9.17, 15) is 0 Å². The first-order valence-electron chi connectivity index (χ1n) is 3.30. The molecule has 1 aromatic rings. The van der Waals surface area contributed by atoms with Crippen LogP contribution in [0.1, 0.15) is 5.82 Å². The van der Waals surface area contributed by atoms with Crippen molar-refractivity contribution in [1.82, 2.24) is 9.55 Å². The first-order valence-corrected chi connectivity index (χ1v) is 3.30. The Labute approximate surface area is 65.9 Å². The maximum atomic E-state index is 5.34. The van der Waals surface area contributed by atoms with Crippen LogP contribution in [-0.2, 0) is 7.05 Å². The second-order valence-electron chi connectivity index (χ2n) is 2.30. The first-order chi connectivity index (χ1) is 5.20. The van der Waals surface area contributed by atoms with Crippen molar-refractivity contribution < 1.29 is 0 Å². The van der Waals surface area contributed by atoms with E-state index in [1.54, 1.807) is 12.3 Å². The van der Waals surface area contributed by atoms with Crippen LogP contribution >= 0.6 is 0 Å². The standard InChI is InChI=1S/C8H11N3/c1-7(9)3-4-8-10-5-6-11(8)2/h3-6H,1,9H2,2H3/b4-3+. The minimum absolute atomic E-state index is 0.535. The van der Waals surface area contributed by atoms with Crippen molar-refractivity contribution in [3.05, 3.63) is 36.6 Å². The van der Waals surface area contributed by atoms with Crippen LogP contribution in [0.15, 0.2) is 30.7 Å². The van der Waals surface area contributed by atoms with Crippen LogP contribution in [0.25, 0.3) is 6.08 Å². The number of hydrogen-bond donors (Lipinski definition) is 1. The van der Waals surface area contributed by atoms with Gasteiger partial charge in [0.25, 0.3) is 0 Å². The average molecular weight is 149 g/mol. The molecule has 0 bridgehead atoms. The predicted molar refractivity (Wildman–Crippen MR) is 45.6 cm³/mol. The van der Waals surface area contributed by atoms with Crippen molar-refractivity contribution >= 4 is 6.08 Å². The molecule has 1 rings (SSSR count). The number of imidazole rings is 1. The highest BCUT2D eigenvalue weighted by Gasteiger charge is 1.90. The van der Waals surface area contributed by atoms with Gasteiger partial charge in [0.05, 0.1) is 0 Å². The summed E-state index contributed by atoms with van der Waals surface area (Å²) in [5.74, 6) is 0.872. The fourth-order valence-corrected chi connectivity index (χ4v) is 0.719. The number of hydrogen-bond acceptors (Lipinski definition) is 2. The normalized spacial score (nSPS) is 10.6. The number of aromatic nitrogens is 2. The number of allylic oxidation sites excluding steroid dienone is 1. The van der Waals surface area contributed by atoms with Crippen molar-refractivity contribution in [2.75, 3.05) is 0 Å². The molecule has 1 aromatic heterocycles. The van der Waals surface area contributed by atoms with Crippen LogP contribution in [0.2, 0.25) is 0 Å². The van der Waals surface area contributed by atoms with Gasteiger partial charge in [0, 0.05) is 25.1 Å². The SMILES string of the molecule is C=C(N)/C=C/c1nccn1C. The van der Waals surface area contributed by atoms with Crippen molar-refractivity contribution in [3.8, 4) is 0 Å². The zero-order chi connectivity index (χ0) is 8.27. The Balaban J connectivity index is 2.79. The molecule has 0 atom stereocenters. The summed E-state index contributed by atoms with van der Waals surface area (Å²) in [7, 11) is 1.92. The molecule has 0 saturated carbocycles. The van der Waals surface area contributed by atoms with Crippen molar-refractivity contribution in [1.29, 1.82) is 0 Å². The largest absolute Gasteiger partial charge is 0.399 e. The lowest BCUT2D eigenvalue weighted by atomic mass is 10.4. The van der Waals surface area contributed by atoms with Gasteiger partial charge < -0.3 is 10.3 Å². The third kappa shape index (κ3) is 1.97. The molecule has 3 heteroatoms. The van der Waals surface area contributed by atoms with Gasteiger partial charge in [-0.25, -0.2) is 4.98 Å². The summed E-state index contributed by atoms with van der Waals surface area (Å²) in [6.07, 6.45) is 7.16. The second-order valence-corrected chi connectivity index (χ2v) is 2.30. The zero-order valence-electron chi connectivity index (χ0n) is 6.49. The summed E-state index contributed by atoms with van der Waals surface area (Å²) >= 11 is 0. The topological polar surface area (TPSA) is 43.8 Å². The van der Waals surface area contributed by atoms with Crippen LogP contribution in [0.5, 0.6) is 0 Å². The van der Waals surface area contributed by atoms with Crippen molar-refractivity contribution in [2.45, 2.75) is 0 Å². The highest BCUT2D eigenvalue weighted by molar-refractivity contribution is 5.44. The molecule has 0 fully saturated rings. The van der Waals surface area contributed by atoms with E-state index in [-0.39, 0.29) is 0 Å². The highest BCUT2D eigenvalue weighted by Crippen LogP contribution is 1.97. The Morgan fingerprint density at radius 3 is 3.00 bits per heavy atom. The fourth-order valence-electron chi connectivity index (χ4n) is 0.719. The molecule has 2 N–H and O–H groups in total. The van der Waals surface area contributed by atoms with E-state index in [1.165, 1.54) is 0 Å². The summed E-state index contributed by atoms with van der Waals surface area (Å²) in [6.45, 7) is 3.54. The van der Waals surface area contributed by atoms with Crippen LogP contribution in [0.3, 0.4) is 0 Å². The molecule has 58 valence electrons. The minimum Gasteiger partial charge on any atom is -0.399 e. The maximum Gasteiger partial charge on any atom is 0.132 e. The Kier molecular flexibility index (Phi) is 2.11. The fraction of sp³-hybridized carbons (Fsp3) is 0.125. The molecular weight excluding hydrogens is 138 g/mol. The van der Waals surface area contributed by atoms with E-state index in [1.807, 2.05) is 23.9 Å². The average Bonchev–Trinajstić information content (AvgIpc) is 2.31. The monoisotopic (exact) mass is 149 g/mol. The lowest BCUT2D eigenvalue weighted by Crippen LogP contribution is -1.92. The molecule has 3 nitrogen and oxygen atoms in total. The van der Waals surface area contributed by atoms with Gasteiger partial charge in [-0.3, -0.25) is 0 Å². The number of rotatable bonds is 2. The molecule has 0 aromatic carbocycles. The molecule has 0 amide bonds. The third-order valence-electron chi connectivity index (χ3n) is 1.30. The van der Waals surface area contributed by atoms with Gasteiger partial charge in [0.2, 0.25) is 0 Å². The highest BCUT2D eigenvalue weighted by atomic mass is 15.0. The Bertz CT molecular complexity index is 283. The molecule has 11 heavy (non-hydrogen) atoms. The number of nitrogens with two attached hydrogens (primary N) is 1. The molecule has 0 saturated heterocycles. The molecular formula is C8H11N3. The first kappa shape index (κ1) is 7.60. The Morgan fingerprint density at radius 1 is 1.82 bits per heavy atom. The van der Waals surface area contributed by atoms with Gasteiger partial charge in [-0.2, -0.15) is 0 Å². The lowest BCUT2D eigenvalue weighted by molar-refractivity contribution is 0.897. The van der Waals surface area contributed by atoms with Crippen LogP contribution < -0.4 is 5.73 Å². The van der Waals surface area contributed by atoms with Crippen LogP contribution in [0.4, 0.5) is 0 Å². The van der Waals surface area contributed by atoms with Gasteiger partial charge in [-0.1, -0.05) is 6.58 Å². The summed E-state index contributed by atoms with van der Waals surface area (Å²) in [6, 6.07) is 0. The number of nitrogens with zero attached hydrogens (tertiary/aromatic N) is 2. The van der Waals surface area contributed by atoms with Crippen molar-refractivity contribution in [3.63, 3.8) is 0 Å². The van der Waals surface area contributed by atoms with Gasteiger partial charge in [0.1, 0.15) is 5.82 Å². The molecule has 0 aliphatic carbocycles. The van der Waals surface area contributed by atoms with E-state index >= 15 is 0 Å². The maximum absolute atomic E-state index is 5.34. The molecule has 0 aliphatic rings. The van der Waals surface area contributed by atoms with Gasteiger partial charge >= 0.3 is 0 Å². The van der Waals surface area contributed by atoms with Crippen LogP contribution in [0, 0.1) is 0 Å². The lowest BCUT2D eigenvalue weighted by Gasteiger charge is -1.92. The predicted octanol–water partition coefficient (Wildman–Crippen LogP) is 0.906. The summed E-state index contributed by atoms with van der Waals surface area (Å²) in [5, 5.41) is 0. The minimum atomic E-state index is 0.535. The van der Waals surface area contributed by atoms with E-state index in [4.69, 9.17) is 5.73 Å². The van der Waals surface area contributed by atoms with Gasteiger partial charge in [-0.15, -0.1) is 0 Å². The Hall–Kier alpha value is -1.51. The van der Waals surface area contributed by atoms with Crippen LogP contribution in [-0.4, -0.2) is 9.55 Å². The quantitative estimate of drug-likeness (QED) is 0.635. The van der Waals surface area contributed by atoms with E-state index < -0.39 is 0 Å². The van der Waals surface area contributed by atoms with E-state index in [0.29, 0.717) is 5.70 Å². The molecule has 1 heterocycles. The molecule has 0 radical (unpaired) electrons. The number of aryl methyl sites for hydroxylation is 1. The summed E-state index contributed by atoms with van der Waals surface area (Å²) in [5.41, 5.74) is 5.88. The summed E-state index contributed by atoms with van der Waals surface area (Å²) in [4.78, 5) is 4.07. The smallest absolute Gasteiger partial charge is 0.132 e. The second kappa shape index (κ2) is 3.05. The van der Waals surface area contributed by atoms with E-state index in [2.05, 4.69) is 11.6 Å². The van der Waals surface area contributed by atoms with Gasteiger partial charge in [-0.05, 0) is 12.2 Å².